The molecule has 1 aromatic rings. The molecule has 18 heavy (non-hydrogen) atoms. The van der Waals surface area contributed by atoms with Crippen LogP contribution in [0.5, 0.6) is 0 Å². The minimum absolute atomic E-state index is 0.215. The average Bonchev–Trinajstić information content (AvgIpc) is 2.28. The molecular weight excluding hydrogens is 260 g/mol. The second-order valence-corrected chi connectivity index (χ2v) is 3.14. The lowest BCUT2D eigenvalue weighted by atomic mass is 10.1. The van der Waals surface area contributed by atoms with Crippen molar-refractivity contribution in [3.63, 3.8) is 0 Å². The third-order valence-corrected chi connectivity index (χ3v) is 1.90. The van der Waals surface area contributed by atoms with Gasteiger partial charge in [0.15, 0.2) is 11.6 Å². The van der Waals surface area contributed by atoms with Gasteiger partial charge in [-0.05, 0) is 6.07 Å². The quantitative estimate of drug-likeness (QED) is 0.513. The number of nitro benzene ring substituents is 1. The highest BCUT2D eigenvalue weighted by molar-refractivity contribution is 5.98. The number of nitro groups is 1. The number of hydrogen-bond donors (Lipinski definition) is 1. The summed E-state index contributed by atoms with van der Waals surface area (Å²) in [4.78, 5) is 20.7. The molecule has 98 valence electrons. The van der Waals surface area contributed by atoms with E-state index in [1.807, 2.05) is 0 Å². The van der Waals surface area contributed by atoms with E-state index in [1.165, 1.54) is 0 Å². The average molecular weight is 266 g/mol. The smallest absolute Gasteiger partial charge is 0.285 e. The Morgan fingerprint density at radius 1 is 1.33 bits per heavy atom. The fourth-order valence-electron chi connectivity index (χ4n) is 1.13. The molecule has 0 spiro atoms. The molecule has 1 N–H and O–H groups in total. The van der Waals surface area contributed by atoms with Crippen LogP contribution in [0.2, 0.25) is 0 Å². The summed E-state index contributed by atoms with van der Waals surface area (Å²) in [6, 6.07) is 0.501. The molecule has 9 heteroatoms. The standard InChI is InChI=1S/C9H6F4N2O3/c10-5-1-4(9(16)14-3-8(12)13)7(15(17)18)2-6(5)11/h1-2,8H,3H2,(H,14,16). The van der Waals surface area contributed by atoms with Crippen molar-refractivity contribution < 1.29 is 27.3 Å². The molecular formula is C9H6F4N2O3. The van der Waals surface area contributed by atoms with Crippen LogP contribution in [-0.2, 0) is 0 Å². The lowest BCUT2D eigenvalue weighted by molar-refractivity contribution is -0.385. The van der Waals surface area contributed by atoms with Crippen molar-refractivity contribution in [3.05, 3.63) is 39.4 Å². The molecule has 0 atom stereocenters. The molecule has 0 aromatic heterocycles. The highest BCUT2D eigenvalue weighted by Gasteiger charge is 2.24. The lowest BCUT2D eigenvalue weighted by Crippen LogP contribution is -2.29. The summed E-state index contributed by atoms with van der Waals surface area (Å²) in [5.41, 5.74) is -1.82. The van der Waals surface area contributed by atoms with Crippen molar-refractivity contribution in [2.45, 2.75) is 6.43 Å². The van der Waals surface area contributed by atoms with E-state index in [1.54, 1.807) is 5.32 Å². The van der Waals surface area contributed by atoms with Gasteiger partial charge in [-0.2, -0.15) is 0 Å². The fraction of sp³-hybridized carbons (Fsp3) is 0.222. The van der Waals surface area contributed by atoms with Gasteiger partial charge in [-0.15, -0.1) is 0 Å². The molecule has 0 saturated carbocycles. The Morgan fingerprint density at radius 2 is 1.89 bits per heavy atom. The Labute approximate surface area is 97.6 Å². The predicted octanol–water partition coefficient (Wildman–Crippen LogP) is 1.87. The van der Waals surface area contributed by atoms with Gasteiger partial charge < -0.3 is 5.32 Å². The van der Waals surface area contributed by atoms with Gasteiger partial charge >= 0.3 is 0 Å². The van der Waals surface area contributed by atoms with Crippen LogP contribution < -0.4 is 5.32 Å². The van der Waals surface area contributed by atoms with Gasteiger partial charge in [-0.3, -0.25) is 14.9 Å². The van der Waals surface area contributed by atoms with Crippen LogP contribution in [0, 0.1) is 21.7 Å². The van der Waals surface area contributed by atoms with Gasteiger partial charge in [0, 0.05) is 0 Å². The minimum Gasteiger partial charge on any atom is -0.346 e. The summed E-state index contributed by atoms with van der Waals surface area (Å²) in [5.74, 6) is -4.27. The Morgan fingerprint density at radius 3 is 2.39 bits per heavy atom. The molecule has 0 radical (unpaired) electrons. The SMILES string of the molecule is O=C(NCC(F)F)c1cc(F)c(F)cc1[N+](=O)[O-]. The highest BCUT2D eigenvalue weighted by atomic mass is 19.3. The van der Waals surface area contributed by atoms with Gasteiger partial charge in [0.2, 0.25) is 0 Å². The first-order chi connectivity index (χ1) is 8.32. The number of nitrogens with one attached hydrogen (secondary N) is 1. The van der Waals surface area contributed by atoms with Crippen molar-refractivity contribution in [1.29, 1.82) is 0 Å². The molecule has 0 aliphatic rings. The molecule has 0 saturated heterocycles. The Bertz CT molecular complexity index is 493. The Hall–Kier alpha value is -2.19. The van der Waals surface area contributed by atoms with E-state index in [2.05, 4.69) is 0 Å². The molecule has 1 aromatic carbocycles. The van der Waals surface area contributed by atoms with E-state index < -0.39 is 46.7 Å². The van der Waals surface area contributed by atoms with Crippen LogP contribution in [0.4, 0.5) is 23.2 Å². The zero-order chi connectivity index (χ0) is 13.9. The molecule has 0 bridgehead atoms. The second kappa shape index (κ2) is 5.43. The van der Waals surface area contributed by atoms with Gasteiger partial charge in [0.1, 0.15) is 5.56 Å². The number of amides is 1. The van der Waals surface area contributed by atoms with Crippen molar-refractivity contribution in [2.75, 3.05) is 6.54 Å². The van der Waals surface area contributed by atoms with Crippen LogP contribution in [-0.4, -0.2) is 23.8 Å². The normalized spacial score (nSPS) is 10.5. The number of hydrogen-bond acceptors (Lipinski definition) is 3. The molecule has 5 nitrogen and oxygen atoms in total. The maximum absolute atomic E-state index is 12.9. The van der Waals surface area contributed by atoms with Crippen molar-refractivity contribution in [1.82, 2.24) is 5.32 Å². The van der Waals surface area contributed by atoms with Crippen LogP contribution in [0.15, 0.2) is 12.1 Å². The zero-order valence-electron chi connectivity index (χ0n) is 8.62. The summed E-state index contributed by atoms with van der Waals surface area (Å²) in [6.07, 6.45) is -2.86. The van der Waals surface area contributed by atoms with E-state index in [0.717, 1.165) is 0 Å². The topological polar surface area (TPSA) is 72.2 Å². The number of benzene rings is 1. The first-order valence-corrected chi connectivity index (χ1v) is 4.52. The number of carbonyl (C=O) groups is 1. The third-order valence-electron chi connectivity index (χ3n) is 1.90. The van der Waals surface area contributed by atoms with Crippen LogP contribution in [0.3, 0.4) is 0 Å². The summed E-state index contributed by atoms with van der Waals surface area (Å²) in [5, 5.41) is 12.2. The molecule has 0 heterocycles. The molecule has 0 fully saturated rings. The van der Waals surface area contributed by atoms with E-state index in [-0.39, 0.29) is 12.1 Å². The van der Waals surface area contributed by atoms with Crippen molar-refractivity contribution in [2.24, 2.45) is 0 Å². The van der Waals surface area contributed by atoms with Gasteiger partial charge in [0.05, 0.1) is 17.5 Å². The second-order valence-electron chi connectivity index (χ2n) is 3.14. The summed E-state index contributed by atoms with van der Waals surface area (Å²) < 4.78 is 49.3. The minimum atomic E-state index is -2.86. The molecule has 0 aliphatic heterocycles. The van der Waals surface area contributed by atoms with Crippen molar-refractivity contribution in [3.8, 4) is 0 Å². The first kappa shape index (κ1) is 13.9. The highest BCUT2D eigenvalue weighted by Crippen LogP contribution is 2.22. The summed E-state index contributed by atoms with van der Waals surface area (Å²) in [6.45, 7) is -1.05. The number of halogens is 4. The third kappa shape index (κ3) is 3.15. The molecule has 1 amide bonds. The van der Waals surface area contributed by atoms with Gasteiger partial charge in [-0.1, -0.05) is 0 Å². The predicted molar refractivity (Wildman–Crippen MR) is 51.3 cm³/mol. The van der Waals surface area contributed by atoms with E-state index in [9.17, 15) is 32.5 Å². The maximum atomic E-state index is 12.9. The van der Waals surface area contributed by atoms with E-state index >= 15 is 0 Å². The first-order valence-electron chi connectivity index (χ1n) is 4.52. The monoisotopic (exact) mass is 266 g/mol. The Balaban J connectivity index is 3.10. The maximum Gasteiger partial charge on any atom is 0.285 e. The molecule has 1 rings (SSSR count). The van der Waals surface area contributed by atoms with Crippen LogP contribution >= 0.6 is 0 Å². The number of alkyl halides is 2. The van der Waals surface area contributed by atoms with Crippen LogP contribution in [0.25, 0.3) is 0 Å². The number of nitrogens with zero attached hydrogens (tertiary/aromatic N) is 1. The van der Waals surface area contributed by atoms with E-state index in [4.69, 9.17) is 0 Å². The van der Waals surface area contributed by atoms with E-state index in [0.29, 0.717) is 0 Å². The molecule has 0 aliphatic carbocycles. The number of carbonyl (C=O) groups excluding carboxylic acids is 1. The Kier molecular flexibility index (Phi) is 4.18. The fourth-order valence-corrected chi connectivity index (χ4v) is 1.13. The largest absolute Gasteiger partial charge is 0.346 e. The zero-order valence-corrected chi connectivity index (χ0v) is 8.62. The number of rotatable bonds is 4. The van der Waals surface area contributed by atoms with Crippen molar-refractivity contribution >= 4 is 11.6 Å². The van der Waals surface area contributed by atoms with Crippen LogP contribution in [0.1, 0.15) is 10.4 Å². The van der Waals surface area contributed by atoms with Gasteiger partial charge in [-0.25, -0.2) is 17.6 Å². The summed E-state index contributed by atoms with van der Waals surface area (Å²) >= 11 is 0. The van der Waals surface area contributed by atoms with Gasteiger partial charge in [0.25, 0.3) is 18.0 Å². The lowest BCUT2D eigenvalue weighted by Gasteiger charge is -2.05. The summed E-state index contributed by atoms with van der Waals surface area (Å²) in [7, 11) is 0. The molecule has 0 unspecified atom stereocenters.